The van der Waals surface area contributed by atoms with E-state index in [-0.39, 0.29) is 24.7 Å². The van der Waals surface area contributed by atoms with Gasteiger partial charge in [0.25, 0.3) is 0 Å². The second-order valence-electron chi connectivity index (χ2n) is 10.2. The first kappa shape index (κ1) is 29.0. The molecule has 1 atom stereocenters. The third-order valence-corrected chi connectivity index (χ3v) is 7.82. The first-order valence-corrected chi connectivity index (χ1v) is 13.6. The topological polar surface area (TPSA) is 66.9 Å². The van der Waals surface area contributed by atoms with E-state index in [0.717, 1.165) is 59.0 Å². The highest BCUT2D eigenvalue weighted by molar-refractivity contribution is 5.99. The molecular weight excluding hydrogens is 507 g/mol. The van der Waals surface area contributed by atoms with Crippen LogP contribution in [-0.4, -0.2) is 65.3 Å². The summed E-state index contributed by atoms with van der Waals surface area (Å²) in [7, 11) is 0. The fraction of sp³-hybridized carbons (Fsp3) is 0.467. The third kappa shape index (κ3) is 6.96. The molecule has 0 fully saturated rings. The van der Waals surface area contributed by atoms with E-state index in [1.807, 2.05) is 24.3 Å². The minimum atomic E-state index is -4.38. The van der Waals surface area contributed by atoms with Crippen molar-refractivity contribution >= 4 is 11.7 Å². The molecule has 9 heteroatoms. The van der Waals surface area contributed by atoms with Crippen LogP contribution in [0.4, 0.5) is 13.2 Å². The molecule has 6 nitrogen and oxygen atoms in total. The average molecular weight is 543 g/mol. The Balaban J connectivity index is 1.49. The molecule has 4 rings (SSSR count). The third-order valence-electron chi connectivity index (χ3n) is 7.82. The van der Waals surface area contributed by atoms with E-state index >= 15 is 0 Å². The number of nitrogens with zero attached hydrogens (tertiary/aromatic N) is 3. The maximum Gasteiger partial charge on any atom is 0.416 e. The van der Waals surface area contributed by atoms with Crippen molar-refractivity contribution in [1.82, 2.24) is 14.9 Å². The molecule has 0 bridgehead atoms. The second-order valence-corrected chi connectivity index (χ2v) is 10.2. The summed E-state index contributed by atoms with van der Waals surface area (Å²) in [5.41, 5.74) is 3.23. The number of amides is 1. The van der Waals surface area contributed by atoms with Crippen molar-refractivity contribution in [1.29, 1.82) is 0 Å². The molecule has 1 aliphatic carbocycles. The molecule has 1 amide bonds. The minimum Gasteiger partial charge on any atom is -0.784 e. The molecule has 39 heavy (non-hydrogen) atoms. The van der Waals surface area contributed by atoms with E-state index in [1.165, 1.54) is 12.1 Å². The van der Waals surface area contributed by atoms with E-state index in [1.54, 1.807) is 4.90 Å². The summed E-state index contributed by atoms with van der Waals surface area (Å²) in [6.07, 6.45) is -2.13. The number of Topliss-reactive ketones (excluding diaryl/α,β-unsaturated/α-hetero) is 1. The van der Waals surface area contributed by atoms with Crippen LogP contribution in [0.3, 0.4) is 0 Å². The Morgan fingerprint density at radius 2 is 1.59 bits per heavy atom. The number of alkyl halides is 3. The van der Waals surface area contributed by atoms with Crippen molar-refractivity contribution in [3.63, 3.8) is 0 Å². The second kappa shape index (κ2) is 12.4. The molecule has 210 valence electrons. The lowest BCUT2D eigenvalue weighted by atomic mass is 9.93. The Bertz CT molecular complexity index is 1190. The van der Waals surface area contributed by atoms with Gasteiger partial charge in [0.1, 0.15) is 0 Å². The zero-order valence-corrected chi connectivity index (χ0v) is 22.5. The quantitative estimate of drug-likeness (QED) is 0.387. The summed E-state index contributed by atoms with van der Waals surface area (Å²) in [5.74, 6) is -0.249. The van der Waals surface area contributed by atoms with E-state index in [0.29, 0.717) is 38.0 Å². The average Bonchev–Trinajstić information content (AvgIpc) is 3.41. The number of hydroxylamine groups is 2. The molecular formula is C30H35F3N3O3-. The van der Waals surface area contributed by atoms with Crippen LogP contribution in [0.2, 0.25) is 0 Å². The molecule has 0 aromatic heterocycles. The zero-order valence-electron chi connectivity index (χ0n) is 22.5. The molecule has 2 aromatic carbocycles. The molecule has 1 aliphatic heterocycles. The fourth-order valence-electron chi connectivity index (χ4n) is 5.46. The Kier molecular flexibility index (Phi) is 9.25. The Hall–Kier alpha value is -3.01. The van der Waals surface area contributed by atoms with Crippen LogP contribution in [-0.2, 0) is 22.3 Å². The Morgan fingerprint density at radius 3 is 2.18 bits per heavy atom. The largest absolute Gasteiger partial charge is 0.784 e. The molecule has 2 aliphatic rings. The maximum absolute atomic E-state index is 13.6. The van der Waals surface area contributed by atoms with E-state index in [9.17, 15) is 28.0 Å². The number of ketones is 1. The van der Waals surface area contributed by atoms with Crippen molar-refractivity contribution in [2.45, 2.75) is 58.3 Å². The number of carbonyl (C=O) groups is 2. The van der Waals surface area contributed by atoms with Gasteiger partial charge in [-0.15, -0.1) is 0 Å². The van der Waals surface area contributed by atoms with Crippen molar-refractivity contribution in [2.75, 3.05) is 32.7 Å². The normalized spacial score (nSPS) is 18.1. The number of halogens is 3. The number of likely N-dealkylation sites (N-methyl/N-ethyl adjacent to an activating group) is 1. The van der Waals surface area contributed by atoms with Gasteiger partial charge in [-0.05, 0) is 72.3 Å². The number of hydrogen-bond donors (Lipinski definition) is 0. The Morgan fingerprint density at radius 1 is 0.974 bits per heavy atom. The van der Waals surface area contributed by atoms with Crippen molar-refractivity contribution < 1.29 is 22.8 Å². The number of hydrogen-bond acceptors (Lipinski definition) is 5. The van der Waals surface area contributed by atoms with Crippen LogP contribution in [0.15, 0.2) is 59.7 Å². The van der Waals surface area contributed by atoms with Crippen LogP contribution in [0.1, 0.15) is 50.7 Å². The summed E-state index contributed by atoms with van der Waals surface area (Å²) in [6, 6.07) is 11.9. The molecule has 0 saturated carbocycles. The van der Waals surface area contributed by atoms with E-state index < -0.39 is 17.8 Å². The van der Waals surface area contributed by atoms with Crippen LogP contribution in [0, 0.1) is 5.21 Å². The molecule has 1 unspecified atom stereocenters. The monoisotopic (exact) mass is 542 g/mol. The molecule has 1 heterocycles. The number of benzene rings is 2. The highest BCUT2D eigenvalue weighted by Gasteiger charge is 2.34. The lowest BCUT2D eigenvalue weighted by molar-refractivity contribution is -0.137. The summed E-state index contributed by atoms with van der Waals surface area (Å²) in [6.45, 7) is 7.20. The van der Waals surface area contributed by atoms with Gasteiger partial charge in [0.2, 0.25) is 5.91 Å². The minimum absolute atomic E-state index is 0.0392. The first-order chi connectivity index (χ1) is 18.6. The van der Waals surface area contributed by atoms with Gasteiger partial charge in [0, 0.05) is 32.1 Å². The van der Waals surface area contributed by atoms with Crippen molar-refractivity contribution in [2.24, 2.45) is 0 Å². The van der Waals surface area contributed by atoms with Gasteiger partial charge in [-0.2, -0.15) is 13.2 Å². The van der Waals surface area contributed by atoms with Crippen molar-refractivity contribution in [3.8, 4) is 11.1 Å². The van der Waals surface area contributed by atoms with E-state index in [2.05, 4.69) is 18.7 Å². The van der Waals surface area contributed by atoms with Crippen LogP contribution >= 0.6 is 0 Å². The summed E-state index contributed by atoms with van der Waals surface area (Å²) < 4.78 is 38.7. The lowest BCUT2D eigenvalue weighted by Crippen LogP contribution is -2.45. The van der Waals surface area contributed by atoms with Crippen LogP contribution in [0.25, 0.3) is 11.1 Å². The predicted molar refractivity (Wildman–Crippen MR) is 144 cm³/mol. The smallest absolute Gasteiger partial charge is 0.416 e. The van der Waals surface area contributed by atoms with Gasteiger partial charge in [-0.1, -0.05) is 50.2 Å². The number of rotatable bonds is 10. The molecule has 0 radical (unpaired) electrons. The van der Waals surface area contributed by atoms with Crippen molar-refractivity contribution in [3.05, 3.63) is 76.0 Å². The number of carbonyl (C=O) groups excluding carboxylic acids is 2. The molecule has 0 spiro atoms. The maximum atomic E-state index is 13.6. The highest BCUT2D eigenvalue weighted by atomic mass is 19.4. The SMILES string of the molecule is CCN(CC)CCN(Cc1ccc(-c2ccc(C(F)(F)F)cc2)cc1)C(=O)CC1C2=C(CCC2)C(=O)CN1[O-]. The predicted octanol–water partition coefficient (Wildman–Crippen LogP) is 5.66. The molecule has 0 saturated heterocycles. The van der Waals surface area contributed by atoms with Gasteiger partial charge in [0.05, 0.1) is 12.1 Å². The van der Waals surface area contributed by atoms with Crippen LogP contribution in [0.5, 0.6) is 0 Å². The Labute approximate surface area is 227 Å². The summed E-state index contributed by atoms with van der Waals surface area (Å²) >= 11 is 0. The van der Waals surface area contributed by atoms with Crippen LogP contribution < -0.4 is 0 Å². The van der Waals surface area contributed by atoms with Gasteiger partial charge in [-0.25, -0.2) is 0 Å². The van der Waals surface area contributed by atoms with E-state index in [4.69, 9.17) is 0 Å². The summed E-state index contributed by atoms with van der Waals surface area (Å²) in [5, 5.41) is 13.5. The first-order valence-electron chi connectivity index (χ1n) is 13.6. The highest BCUT2D eigenvalue weighted by Crippen LogP contribution is 2.36. The van der Waals surface area contributed by atoms with Gasteiger partial charge in [-0.3, -0.25) is 9.59 Å². The van der Waals surface area contributed by atoms with Gasteiger partial charge >= 0.3 is 6.18 Å². The van der Waals surface area contributed by atoms with Gasteiger partial charge < -0.3 is 20.1 Å². The summed E-state index contributed by atoms with van der Waals surface area (Å²) in [4.78, 5) is 29.8. The van der Waals surface area contributed by atoms with Gasteiger partial charge in [0.15, 0.2) is 5.78 Å². The fourth-order valence-corrected chi connectivity index (χ4v) is 5.46. The lowest BCUT2D eigenvalue weighted by Gasteiger charge is -2.41. The molecule has 0 N–H and O–H groups in total. The zero-order chi connectivity index (χ0) is 28.2. The standard InChI is InChI=1S/C30H35F3N3O3/c1-3-34(4-2)16-17-35(29(38)18-27-25-6-5-7-26(25)28(37)20-36(27)39)19-21-8-10-22(11-9-21)23-12-14-24(15-13-23)30(31,32)33/h8-15,27H,3-7,16-20H2,1-2H3/q-1. The molecule has 2 aromatic rings.